The molecule has 0 aliphatic carbocycles. The summed E-state index contributed by atoms with van der Waals surface area (Å²) in [6, 6.07) is 17.8. The predicted octanol–water partition coefficient (Wildman–Crippen LogP) is 4.60. The van der Waals surface area contributed by atoms with Gasteiger partial charge in [-0.25, -0.2) is 25.5 Å². The highest BCUT2D eigenvalue weighted by Crippen LogP contribution is 2.49. The van der Waals surface area contributed by atoms with Gasteiger partial charge in [0, 0.05) is 42.5 Å². The fraction of sp³-hybridized carbons (Fsp3) is 0.286. The van der Waals surface area contributed by atoms with Crippen LogP contribution in [-0.4, -0.2) is 87.6 Å². The minimum absolute atomic E-state index is 0.0435. The molecule has 0 saturated carbocycles. The fourth-order valence-corrected chi connectivity index (χ4v) is 9.18. The number of anilines is 1. The van der Waals surface area contributed by atoms with Crippen molar-refractivity contribution in [1.29, 1.82) is 0 Å². The maximum absolute atomic E-state index is 15.2. The number of hydrogen-bond donors (Lipinski definition) is 0. The number of sulfonamides is 1. The normalized spacial score (nSPS) is 18.1. The highest BCUT2D eigenvalue weighted by molar-refractivity contribution is 7.93. The molecule has 51 heavy (non-hydrogen) atoms. The maximum Gasteiger partial charge on any atom is 0.295 e. The SMILES string of the molecule is CS(=O)(=O)CCCN1CCN(C(=O)C(=O)c2ccc3n(c2=O)[C@H](c2ccc(Cl)cc2)[C@H](c2ccc(Cl)cc2)N3S(=O)(=O)c2ccccc2F)CC1. The Kier molecular flexibility index (Phi) is 10.4. The number of ketones is 1. The van der Waals surface area contributed by atoms with Gasteiger partial charge in [-0.1, -0.05) is 59.6 Å². The lowest BCUT2D eigenvalue weighted by atomic mass is 9.94. The Bertz CT molecular complexity index is 2260. The van der Waals surface area contributed by atoms with Crippen molar-refractivity contribution in [3.63, 3.8) is 0 Å². The first-order chi connectivity index (χ1) is 24.2. The van der Waals surface area contributed by atoms with Crippen molar-refractivity contribution in [2.24, 2.45) is 0 Å². The van der Waals surface area contributed by atoms with Gasteiger partial charge >= 0.3 is 0 Å². The van der Waals surface area contributed by atoms with Crippen molar-refractivity contribution in [3.05, 3.63) is 128 Å². The molecular weight excluding hydrogens is 742 g/mol. The Morgan fingerprint density at radius 3 is 1.92 bits per heavy atom. The number of Topliss-reactive ketones (excluding diaryl/α,β-unsaturated/α-hetero) is 1. The number of carbonyl (C=O) groups excluding carboxylic acids is 2. The second kappa shape index (κ2) is 14.5. The van der Waals surface area contributed by atoms with Crippen LogP contribution < -0.4 is 9.86 Å². The number of piperazine rings is 1. The van der Waals surface area contributed by atoms with Crippen molar-refractivity contribution in [1.82, 2.24) is 14.4 Å². The summed E-state index contributed by atoms with van der Waals surface area (Å²) >= 11 is 12.4. The molecular formula is C35H33Cl2FN4O7S2. The average Bonchev–Trinajstić information content (AvgIpc) is 3.45. The summed E-state index contributed by atoms with van der Waals surface area (Å²) in [7, 11) is -7.81. The van der Waals surface area contributed by atoms with Crippen LogP contribution in [0.1, 0.15) is 40.0 Å². The highest BCUT2D eigenvalue weighted by atomic mass is 35.5. The molecule has 4 aromatic rings. The van der Waals surface area contributed by atoms with Gasteiger partial charge in [0.1, 0.15) is 26.4 Å². The molecule has 1 saturated heterocycles. The standard InChI is InChI=1S/C35H33Cl2FN4O7S2/c1-50(46,47)22-4-17-39-18-20-40(21-19-39)35(45)33(43)27-15-16-30-41(34(27)44)31(23-7-11-25(36)12-8-23)32(24-9-13-26(37)14-10-24)42(30)51(48,49)29-6-3-2-5-28(29)38/h2-3,5-16,31-32H,4,17-22H2,1H3/t31-,32+/m1/s1. The largest absolute Gasteiger partial charge is 0.333 e. The van der Waals surface area contributed by atoms with Gasteiger partial charge in [-0.3, -0.25) is 23.9 Å². The molecule has 2 atom stereocenters. The van der Waals surface area contributed by atoms with Crippen LogP contribution in [0.15, 0.2) is 94.6 Å². The number of carbonyl (C=O) groups is 2. The molecule has 0 radical (unpaired) electrons. The number of fused-ring (bicyclic) bond motifs is 1. The molecule has 11 nitrogen and oxygen atoms in total. The molecule has 16 heteroatoms. The zero-order valence-electron chi connectivity index (χ0n) is 27.3. The Morgan fingerprint density at radius 2 is 1.35 bits per heavy atom. The molecule has 1 fully saturated rings. The van der Waals surface area contributed by atoms with Crippen LogP contribution >= 0.6 is 23.2 Å². The van der Waals surface area contributed by atoms with Gasteiger partial charge in [-0.15, -0.1) is 0 Å². The molecule has 0 N–H and O–H groups in total. The minimum Gasteiger partial charge on any atom is -0.333 e. The van der Waals surface area contributed by atoms with Crippen LogP contribution in [0.25, 0.3) is 0 Å². The monoisotopic (exact) mass is 774 g/mol. The molecule has 6 rings (SSSR count). The molecule has 1 amide bonds. The summed E-state index contributed by atoms with van der Waals surface area (Å²) in [5, 5.41) is 0.757. The molecule has 1 aromatic heterocycles. The first-order valence-electron chi connectivity index (χ1n) is 16.0. The summed E-state index contributed by atoms with van der Waals surface area (Å²) < 4.78 is 69.2. The molecule has 3 heterocycles. The van der Waals surface area contributed by atoms with Gasteiger partial charge in [0.15, 0.2) is 0 Å². The van der Waals surface area contributed by atoms with Gasteiger partial charge in [0.25, 0.3) is 27.3 Å². The lowest BCUT2D eigenvalue weighted by Crippen LogP contribution is -2.51. The summed E-state index contributed by atoms with van der Waals surface area (Å²) in [6.45, 7) is 1.72. The van der Waals surface area contributed by atoms with Gasteiger partial charge in [0.2, 0.25) is 0 Å². The summed E-state index contributed by atoms with van der Waals surface area (Å²) in [4.78, 5) is 44.5. The van der Waals surface area contributed by atoms with Crippen LogP contribution in [0.2, 0.25) is 10.0 Å². The lowest BCUT2D eigenvalue weighted by Gasteiger charge is -2.34. The number of nitrogens with zero attached hydrogens (tertiary/aromatic N) is 4. The van der Waals surface area contributed by atoms with E-state index in [-0.39, 0.29) is 24.7 Å². The molecule has 3 aromatic carbocycles. The minimum atomic E-state index is -4.70. The summed E-state index contributed by atoms with van der Waals surface area (Å²) in [5.41, 5.74) is -0.494. The quantitative estimate of drug-likeness (QED) is 0.169. The third-order valence-corrected chi connectivity index (χ3v) is 12.4. The van der Waals surface area contributed by atoms with E-state index in [0.29, 0.717) is 47.2 Å². The van der Waals surface area contributed by atoms with Crippen molar-refractivity contribution in [2.45, 2.75) is 23.4 Å². The molecule has 0 spiro atoms. The maximum atomic E-state index is 15.2. The van der Waals surface area contributed by atoms with E-state index in [1.807, 2.05) is 4.90 Å². The Labute approximate surface area is 304 Å². The van der Waals surface area contributed by atoms with E-state index in [0.717, 1.165) is 27.1 Å². The molecule has 2 aliphatic rings. The second-order valence-electron chi connectivity index (χ2n) is 12.5. The van der Waals surface area contributed by atoms with Crippen LogP contribution in [-0.2, 0) is 24.7 Å². The van der Waals surface area contributed by atoms with E-state index in [2.05, 4.69) is 0 Å². The van der Waals surface area contributed by atoms with Gasteiger partial charge in [-0.2, -0.15) is 0 Å². The van der Waals surface area contributed by atoms with Crippen LogP contribution in [0.5, 0.6) is 0 Å². The van der Waals surface area contributed by atoms with E-state index in [9.17, 15) is 31.2 Å². The van der Waals surface area contributed by atoms with Crippen LogP contribution in [0.3, 0.4) is 0 Å². The van der Waals surface area contributed by atoms with Crippen molar-refractivity contribution in [3.8, 4) is 0 Å². The van der Waals surface area contributed by atoms with E-state index < -0.39 is 65.5 Å². The fourth-order valence-electron chi connectivity index (χ4n) is 6.56. The predicted molar refractivity (Wildman–Crippen MR) is 192 cm³/mol. The van der Waals surface area contributed by atoms with Gasteiger partial charge in [-0.05, 0) is 72.6 Å². The van der Waals surface area contributed by atoms with Gasteiger partial charge in [0.05, 0.1) is 23.4 Å². The molecule has 268 valence electrons. The topological polar surface area (TPSA) is 134 Å². The Hall–Kier alpha value is -4.08. The number of pyridine rings is 1. The highest BCUT2D eigenvalue weighted by Gasteiger charge is 2.48. The zero-order chi connectivity index (χ0) is 36.7. The third-order valence-electron chi connectivity index (χ3n) is 9.04. The van der Waals surface area contributed by atoms with Crippen molar-refractivity contribution >= 4 is 60.6 Å². The number of hydrogen-bond acceptors (Lipinski definition) is 8. The number of benzene rings is 3. The Balaban J connectivity index is 1.42. The summed E-state index contributed by atoms with van der Waals surface area (Å²) in [5.74, 6) is -3.05. The van der Waals surface area contributed by atoms with Crippen LogP contribution in [0.4, 0.5) is 10.2 Å². The number of rotatable bonds is 10. The van der Waals surface area contributed by atoms with E-state index in [1.165, 1.54) is 29.4 Å². The molecule has 0 unspecified atom stereocenters. The van der Waals surface area contributed by atoms with Gasteiger partial charge < -0.3 is 4.90 Å². The number of amides is 1. The summed E-state index contributed by atoms with van der Waals surface area (Å²) in [6.07, 6.45) is 1.61. The van der Waals surface area contributed by atoms with Crippen molar-refractivity contribution < 1.29 is 30.8 Å². The Morgan fingerprint density at radius 1 is 0.784 bits per heavy atom. The molecule has 0 bridgehead atoms. The smallest absolute Gasteiger partial charge is 0.295 e. The third kappa shape index (κ3) is 7.47. The molecule has 2 aliphatic heterocycles. The first-order valence-corrected chi connectivity index (χ1v) is 20.2. The number of halogens is 3. The second-order valence-corrected chi connectivity index (χ2v) is 17.4. The van der Waals surface area contributed by atoms with E-state index >= 15 is 4.39 Å². The average molecular weight is 776 g/mol. The first kappa shape index (κ1) is 36.7. The zero-order valence-corrected chi connectivity index (χ0v) is 30.4. The number of sulfone groups is 1. The van der Waals surface area contributed by atoms with E-state index in [1.54, 1.807) is 48.5 Å². The van der Waals surface area contributed by atoms with E-state index in [4.69, 9.17) is 23.2 Å². The number of aromatic nitrogens is 1. The van der Waals surface area contributed by atoms with Crippen LogP contribution in [0, 0.1) is 5.82 Å². The lowest BCUT2D eigenvalue weighted by molar-refractivity contribution is -0.128. The van der Waals surface area contributed by atoms with Crippen molar-refractivity contribution in [2.75, 3.05) is 49.0 Å².